The molecule has 0 spiro atoms. The van der Waals surface area contributed by atoms with Gasteiger partial charge in [0.2, 0.25) is 5.91 Å². The van der Waals surface area contributed by atoms with Crippen molar-refractivity contribution >= 4 is 23.4 Å². The second-order valence-corrected chi connectivity index (χ2v) is 18.6. The minimum Gasteiger partial charge on any atom is -0.453 e. The maximum absolute atomic E-state index is 15.9. The summed E-state index contributed by atoms with van der Waals surface area (Å²) in [5, 5.41) is 5.94. The highest BCUT2D eigenvalue weighted by atomic mass is 19.3. The Bertz CT molecular complexity index is 2000. The molecular weight excluding hydrogens is 790 g/mol. The quantitative estimate of drug-likeness (QED) is 0.148. The summed E-state index contributed by atoms with van der Waals surface area (Å²) in [7, 11) is 1.42. The highest BCUT2D eigenvalue weighted by Gasteiger charge is 2.53. The molecule has 5 fully saturated rings. The first-order chi connectivity index (χ1) is 30.1. The van der Waals surface area contributed by atoms with Gasteiger partial charge in [0.25, 0.3) is 5.92 Å². The third kappa shape index (κ3) is 10.2. The van der Waals surface area contributed by atoms with Crippen molar-refractivity contribution < 1.29 is 27.5 Å². The van der Waals surface area contributed by atoms with Crippen molar-refractivity contribution in [2.45, 2.75) is 81.6 Å². The molecule has 4 heterocycles. The smallest absolute Gasteiger partial charge is 0.407 e. The molecule has 0 bridgehead atoms. The average molecular weight is 855 g/mol. The lowest BCUT2D eigenvalue weighted by Gasteiger charge is -2.53. The molecular formula is C50H65F3N6O3. The Labute approximate surface area is 366 Å². The molecule has 334 valence electrons. The Hall–Kier alpha value is -4.39. The van der Waals surface area contributed by atoms with Crippen LogP contribution in [0.5, 0.6) is 0 Å². The first kappa shape index (κ1) is 44.2. The summed E-state index contributed by atoms with van der Waals surface area (Å²) < 4.78 is 52.0. The van der Waals surface area contributed by atoms with E-state index in [1.165, 1.54) is 69.2 Å². The number of carbonyl (C=O) groups is 2. The highest BCUT2D eigenvalue weighted by molar-refractivity contribution is 5.99. The van der Waals surface area contributed by atoms with Gasteiger partial charge in [-0.2, -0.15) is 8.78 Å². The fourth-order valence-electron chi connectivity index (χ4n) is 11.4. The van der Waals surface area contributed by atoms with E-state index in [4.69, 9.17) is 4.74 Å². The number of ether oxygens (including phenoxy) is 1. The van der Waals surface area contributed by atoms with Gasteiger partial charge in [-0.15, -0.1) is 0 Å². The summed E-state index contributed by atoms with van der Waals surface area (Å²) in [5.74, 6) is -2.81. The highest BCUT2D eigenvalue weighted by Crippen LogP contribution is 2.51. The molecule has 4 saturated heterocycles. The maximum atomic E-state index is 15.9. The number of rotatable bonds is 15. The average Bonchev–Trinajstić information content (AvgIpc) is 3.94. The summed E-state index contributed by atoms with van der Waals surface area (Å²) >= 11 is 0. The van der Waals surface area contributed by atoms with Crippen LogP contribution in [-0.2, 0) is 20.9 Å². The zero-order valence-corrected chi connectivity index (χ0v) is 36.4. The number of nitrogens with one attached hydrogen (secondary N) is 2. The third-order valence-corrected chi connectivity index (χ3v) is 14.7. The molecule has 2 amide bonds. The number of carbonyl (C=O) groups excluding carboxylic acids is 2. The van der Waals surface area contributed by atoms with Gasteiger partial charge in [0.15, 0.2) is 0 Å². The summed E-state index contributed by atoms with van der Waals surface area (Å²) in [4.78, 5) is 34.9. The zero-order chi connectivity index (χ0) is 43.1. The van der Waals surface area contributed by atoms with E-state index in [-0.39, 0.29) is 40.2 Å². The molecule has 62 heavy (non-hydrogen) atoms. The van der Waals surface area contributed by atoms with Crippen molar-refractivity contribution in [2.75, 3.05) is 89.3 Å². The van der Waals surface area contributed by atoms with Crippen LogP contribution in [0, 0.1) is 23.6 Å². The summed E-state index contributed by atoms with van der Waals surface area (Å²) in [5.41, 5.74) is 1.79. The lowest BCUT2D eigenvalue weighted by molar-refractivity contribution is -0.111. The van der Waals surface area contributed by atoms with E-state index in [0.29, 0.717) is 24.1 Å². The molecule has 3 aromatic carbocycles. The molecule has 0 aromatic heterocycles. The first-order valence-corrected chi connectivity index (χ1v) is 23.2. The van der Waals surface area contributed by atoms with Gasteiger partial charge in [0, 0.05) is 72.8 Å². The summed E-state index contributed by atoms with van der Waals surface area (Å²) in [6, 6.07) is 19.9. The third-order valence-electron chi connectivity index (χ3n) is 14.7. The van der Waals surface area contributed by atoms with Gasteiger partial charge >= 0.3 is 6.09 Å². The van der Waals surface area contributed by atoms with Crippen LogP contribution in [0.2, 0.25) is 0 Å². The standard InChI is InChI=1S/C50H65F3N6O3/c1-62-48(61)55-46-15-7-14-45(46)49(36-58-27-9-28-58,40-10-5-12-42(51)32-40)38-22-29-57(30-23-38)34-37-21-31-59(35-37)44-19-17-39(18-20-44)50(52,53)41-11-6-13-43(33-41)54-47(60)16-8-26-56-24-3-2-4-25-56/h5-6,8,10-13,16-20,32-33,37-38,45-46H,2-4,7,9,14-15,21-31,34-36H2,1H3,(H,54,60)(H,55,61)/b16-8+/t37-,45-,46-,49?/m0/s1. The number of alkyl carbamates (subject to hydrolysis) is 1. The molecule has 8 rings (SSSR count). The van der Waals surface area contributed by atoms with Gasteiger partial charge in [-0.05, 0) is 150 Å². The van der Waals surface area contributed by atoms with E-state index >= 15 is 13.2 Å². The van der Waals surface area contributed by atoms with E-state index in [1.807, 2.05) is 24.3 Å². The summed E-state index contributed by atoms with van der Waals surface area (Å²) in [6.45, 7) is 10.4. The number of alkyl halides is 2. The van der Waals surface area contributed by atoms with Crippen molar-refractivity contribution in [3.63, 3.8) is 0 Å². The molecule has 12 heteroatoms. The number of anilines is 2. The van der Waals surface area contributed by atoms with Crippen LogP contribution < -0.4 is 15.5 Å². The van der Waals surface area contributed by atoms with E-state index in [0.717, 1.165) is 115 Å². The van der Waals surface area contributed by atoms with Crippen molar-refractivity contribution in [3.05, 3.63) is 107 Å². The maximum Gasteiger partial charge on any atom is 0.407 e. The lowest BCUT2D eigenvalue weighted by Crippen LogP contribution is -2.59. The van der Waals surface area contributed by atoms with Gasteiger partial charge < -0.3 is 30.1 Å². The van der Waals surface area contributed by atoms with Crippen molar-refractivity contribution in [2.24, 2.45) is 17.8 Å². The van der Waals surface area contributed by atoms with E-state index in [1.54, 1.807) is 18.2 Å². The number of hydrogen-bond donors (Lipinski definition) is 2. The molecule has 9 nitrogen and oxygen atoms in total. The SMILES string of the molecule is COC(=O)N[C@H]1CCC[C@@H]1C(CN1CCC1)(c1cccc(F)c1)C1CCN(C[C@@H]2CCN(c3ccc(C(F)(F)c4cccc(NC(=O)/C=C/CN5CCCCC5)c4)cc3)C2)CC1. The molecule has 1 saturated carbocycles. The van der Waals surface area contributed by atoms with Crippen LogP contribution in [0.3, 0.4) is 0 Å². The number of piperidine rings is 2. The van der Waals surface area contributed by atoms with Crippen LogP contribution >= 0.6 is 0 Å². The molecule has 0 radical (unpaired) electrons. The molecule has 3 aromatic rings. The topological polar surface area (TPSA) is 80.4 Å². The van der Waals surface area contributed by atoms with Crippen LogP contribution in [0.15, 0.2) is 84.9 Å². The van der Waals surface area contributed by atoms with Gasteiger partial charge in [-0.1, -0.05) is 55.3 Å². The predicted molar refractivity (Wildman–Crippen MR) is 239 cm³/mol. The van der Waals surface area contributed by atoms with E-state index in [9.17, 15) is 9.59 Å². The number of nitrogens with zero attached hydrogens (tertiary/aromatic N) is 4. The largest absolute Gasteiger partial charge is 0.453 e. The molecule has 1 aliphatic carbocycles. The molecule has 5 aliphatic rings. The predicted octanol–water partition coefficient (Wildman–Crippen LogP) is 8.65. The second kappa shape index (κ2) is 20.0. The number of methoxy groups -OCH3 is 1. The van der Waals surface area contributed by atoms with Crippen molar-refractivity contribution in [3.8, 4) is 0 Å². The number of halogens is 3. The van der Waals surface area contributed by atoms with Gasteiger partial charge in [0.1, 0.15) is 5.82 Å². The Morgan fingerprint density at radius 1 is 0.758 bits per heavy atom. The van der Waals surface area contributed by atoms with Crippen LogP contribution in [-0.4, -0.2) is 112 Å². The Kier molecular flexibility index (Phi) is 14.3. The van der Waals surface area contributed by atoms with E-state index in [2.05, 4.69) is 36.3 Å². The normalized spacial score (nSPS) is 24.2. The first-order valence-electron chi connectivity index (χ1n) is 23.2. The van der Waals surface area contributed by atoms with Crippen molar-refractivity contribution in [1.82, 2.24) is 20.0 Å². The number of hydrogen-bond acceptors (Lipinski definition) is 7. The summed E-state index contributed by atoms with van der Waals surface area (Å²) in [6.07, 6.45) is 13.6. The minimum atomic E-state index is -3.24. The fraction of sp³-hybridized carbons (Fsp3) is 0.560. The minimum absolute atomic E-state index is 0.0260. The van der Waals surface area contributed by atoms with Crippen molar-refractivity contribution in [1.29, 1.82) is 0 Å². The lowest BCUT2D eigenvalue weighted by atomic mass is 9.57. The second-order valence-electron chi connectivity index (χ2n) is 18.6. The monoisotopic (exact) mass is 855 g/mol. The Morgan fingerprint density at radius 2 is 1.50 bits per heavy atom. The number of benzene rings is 3. The fourth-order valence-corrected chi connectivity index (χ4v) is 11.4. The molecule has 1 unspecified atom stereocenters. The van der Waals surface area contributed by atoms with Gasteiger partial charge in [0.05, 0.1) is 7.11 Å². The Morgan fingerprint density at radius 3 is 2.23 bits per heavy atom. The van der Waals surface area contributed by atoms with E-state index < -0.39 is 12.0 Å². The zero-order valence-electron chi connectivity index (χ0n) is 36.4. The van der Waals surface area contributed by atoms with Gasteiger partial charge in [-0.25, -0.2) is 9.18 Å². The number of amides is 2. The molecule has 2 N–H and O–H groups in total. The van der Waals surface area contributed by atoms with Crippen LogP contribution in [0.25, 0.3) is 0 Å². The molecule has 4 aliphatic heterocycles. The van der Waals surface area contributed by atoms with Gasteiger partial charge in [-0.3, -0.25) is 9.69 Å². The molecule has 4 atom stereocenters. The van der Waals surface area contributed by atoms with Crippen LogP contribution in [0.4, 0.5) is 29.3 Å². The number of likely N-dealkylation sites (tertiary alicyclic amines) is 3. The van der Waals surface area contributed by atoms with Crippen LogP contribution in [0.1, 0.15) is 80.9 Å². The Balaban J connectivity index is 0.874.